The van der Waals surface area contributed by atoms with Crippen LogP contribution in [-0.2, 0) is 7.05 Å². The molecule has 0 aliphatic rings. The molecule has 5 rings (SSSR count). The molecule has 25 heavy (non-hydrogen) atoms. The molecule has 0 unspecified atom stereocenters. The lowest BCUT2D eigenvalue weighted by molar-refractivity contribution is -0.660. The van der Waals surface area contributed by atoms with Gasteiger partial charge in [0.15, 0.2) is 6.20 Å². The summed E-state index contributed by atoms with van der Waals surface area (Å²) < 4.78 is 8.56. The van der Waals surface area contributed by atoms with Crippen LogP contribution in [0.3, 0.4) is 0 Å². The summed E-state index contributed by atoms with van der Waals surface area (Å²) in [6, 6.07) is 18.7. The van der Waals surface area contributed by atoms with Gasteiger partial charge in [0.25, 0.3) is 0 Å². The summed E-state index contributed by atoms with van der Waals surface area (Å²) in [5.74, 6) is 0. The molecule has 3 aromatic heterocycles. The molecule has 2 aromatic carbocycles. The molecule has 0 saturated heterocycles. The van der Waals surface area contributed by atoms with Gasteiger partial charge in [-0.25, -0.2) is 4.57 Å². The van der Waals surface area contributed by atoms with E-state index in [1.54, 1.807) is 0 Å². The van der Waals surface area contributed by atoms with E-state index < -0.39 is 0 Å². The van der Waals surface area contributed by atoms with E-state index in [4.69, 9.17) is 4.42 Å². The Morgan fingerprint density at radius 3 is 2.56 bits per heavy atom. The lowest BCUT2D eigenvalue weighted by Gasteiger charge is -2.04. The maximum Gasteiger partial charge on any atom is 0.216 e. The van der Waals surface area contributed by atoms with E-state index in [-0.39, 0.29) is 0 Å². The molecule has 0 amide bonds. The van der Waals surface area contributed by atoms with Gasteiger partial charge in [-0.15, -0.1) is 0 Å². The number of hydrogen-bond donors (Lipinski definition) is 0. The molecule has 0 atom stereocenters. The van der Waals surface area contributed by atoms with Crippen LogP contribution in [0.1, 0.15) is 5.56 Å². The minimum Gasteiger partial charge on any atom is -0.454 e. The van der Waals surface area contributed by atoms with E-state index >= 15 is 0 Å². The van der Waals surface area contributed by atoms with Crippen molar-refractivity contribution in [2.24, 2.45) is 7.05 Å². The summed E-state index contributed by atoms with van der Waals surface area (Å²) >= 11 is 0. The smallest absolute Gasteiger partial charge is 0.216 e. The quantitative estimate of drug-likeness (QED) is 0.409. The summed E-state index contributed by atoms with van der Waals surface area (Å²) in [7, 11) is 2.06. The van der Waals surface area contributed by atoms with E-state index in [1.165, 1.54) is 5.56 Å². The number of nitrogens with zero attached hydrogens (tertiary/aromatic N) is 2. The Bertz CT molecular complexity index is 1270. The zero-order valence-electron chi connectivity index (χ0n) is 14.2. The normalized spacial score (nSPS) is 11.6. The lowest BCUT2D eigenvalue weighted by atomic mass is 10.0. The molecule has 5 aromatic rings. The number of aromatic nitrogens is 2. The first-order valence-electron chi connectivity index (χ1n) is 8.38. The molecule has 0 N–H and O–H groups in total. The van der Waals surface area contributed by atoms with Gasteiger partial charge < -0.3 is 4.42 Å². The Kier molecular flexibility index (Phi) is 2.92. The van der Waals surface area contributed by atoms with Crippen LogP contribution in [0, 0.1) is 6.92 Å². The molecule has 3 heteroatoms. The second kappa shape index (κ2) is 5.15. The van der Waals surface area contributed by atoms with Crippen molar-refractivity contribution in [3.05, 3.63) is 72.6 Å². The van der Waals surface area contributed by atoms with Crippen LogP contribution in [0.4, 0.5) is 0 Å². The number of rotatable bonds is 1. The van der Waals surface area contributed by atoms with Crippen molar-refractivity contribution in [3.8, 4) is 11.3 Å². The third-order valence-electron chi connectivity index (χ3n) is 4.90. The standard InChI is InChI=1S/C22H17N2O/c1-14-10-11-15-17-13-23-18-8-4-3-7-16(18)21(17)25-22(15)20(14)19-9-5-6-12-24(19)2/h3-13H,1-2H3/q+1. The average Bonchev–Trinajstić information content (AvgIpc) is 3.01. The molecule has 0 spiro atoms. The van der Waals surface area contributed by atoms with Gasteiger partial charge in [-0.2, -0.15) is 0 Å². The number of benzene rings is 2. The van der Waals surface area contributed by atoms with Crippen LogP contribution in [-0.4, -0.2) is 4.98 Å². The monoisotopic (exact) mass is 325 g/mol. The molecule has 120 valence electrons. The van der Waals surface area contributed by atoms with Crippen molar-refractivity contribution in [2.45, 2.75) is 6.92 Å². The Morgan fingerprint density at radius 1 is 0.840 bits per heavy atom. The maximum atomic E-state index is 6.43. The number of hydrogen-bond acceptors (Lipinski definition) is 2. The van der Waals surface area contributed by atoms with Gasteiger partial charge in [0, 0.05) is 34.5 Å². The minimum atomic E-state index is 0.908. The van der Waals surface area contributed by atoms with E-state index in [9.17, 15) is 0 Å². The van der Waals surface area contributed by atoms with Crippen LogP contribution in [0.15, 0.2) is 71.4 Å². The van der Waals surface area contributed by atoms with Crippen molar-refractivity contribution in [2.75, 3.05) is 0 Å². The highest BCUT2D eigenvalue weighted by Crippen LogP contribution is 2.38. The van der Waals surface area contributed by atoms with Gasteiger partial charge >= 0.3 is 0 Å². The lowest BCUT2D eigenvalue weighted by Crippen LogP contribution is -2.30. The maximum absolute atomic E-state index is 6.43. The summed E-state index contributed by atoms with van der Waals surface area (Å²) in [5, 5.41) is 3.23. The van der Waals surface area contributed by atoms with Gasteiger partial charge in [-0.1, -0.05) is 24.3 Å². The van der Waals surface area contributed by atoms with Gasteiger partial charge in [0.2, 0.25) is 5.69 Å². The predicted octanol–water partition coefficient (Wildman–Crippen LogP) is 4.93. The zero-order chi connectivity index (χ0) is 17.0. The summed E-state index contributed by atoms with van der Waals surface area (Å²) in [5.41, 5.74) is 6.27. The van der Waals surface area contributed by atoms with Crippen molar-refractivity contribution in [3.63, 3.8) is 0 Å². The van der Waals surface area contributed by atoms with Gasteiger partial charge in [0.05, 0.1) is 11.1 Å². The third-order valence-corrected chi connectivity index (χ3v) is 4.90. The van der Waals surface area contributed by atoms with E-state index in [1.807, 2.05) is 30.5 Å². The number of para-hydroxylation sites is 1. The van der Waals surface area contributed by atoms with Crippen molar-refractivity contribution < 1.29 is 8.98 Å². The van der Waals surface area contributed by atoms with Crippen LogP contribution >= 0.6 is 0 Å². The second-order valence-electron chi connectivity index (χ2n) is 6.45. The summed E-state index contributed by atoms with van der Waals surface area (Å²) in [6.45, 7) is 2.13. The van der Waals surface area contributed by atoms with Gasteiger partial charge in [0.1, 0.15) is 18.2 Å². The van der Waals surface area contributed by atoms with Crippen molar-refractivity contribution >= 4 is 32.8 Å². The molecule has 0 fully saturated rings. The van der Waals surface area contributed by atoms with Gasteiger partial charge in [-0.05, 0) is 30.7 Å². The number of aryl methyl sites for hydroxylation is 2. The van der Waals surface area contributed by atoms with Crippen molar-refractivity contribution in [1.82, 2.24) is 4.98 Å². The number of fused-ring (bicyclic) bond motifs is 5. The predicted molar refractivity (Wildman–Crippen MR) is 100 cm³/mol. The molecule has 0 radical (unpaired) electrons. The Morgan fingerprint density at radius 2 is 1.68 bits per heavy atom. The summed E-state index contributed by atoms with van der Waals surface area (Å²) in [6.07, 6.45) is 3.99. The van der Waals surface area contributed by atoms with Crippen molar-refractivity contribution in [1.29, 1.82) is 0 Å². The Balaban J connectivity index is 1.98. The topological polar surface area (TPSA) is 29.9 Å². The third kappa shape index (κ3) is 1.99. The second-order valence-corrected chi connectivity index (χ2v) is 6.45. The molecule has 0 aliphatic carbocycles. The highest BCUT2D eigenvalue weighted by molar-refractivity contribution is 6.16. The molecule has 0 saturated carbocycles. The molecular weight excluding hydrogens is 308 g/mol. The first kappa shape index (κ1) is 14.2. The minimum absolute atomic E-state index is 0.908. The Hall–Kier alpha value is -3.20. The SMILES string of the molecule is Cc1ccc2c(oc3c4ccccc4ncc23)c1-c1cccc[n+]1C. The molecular formula is C22H17N2O+. The number of furan rings is 1. The van der Waals surface area contributed by atoms with Crippen LogP contribution in [0.2, 0.25) is 0 Å². The molecule has 0 aliphatic heterocycles. The van der Waals surface area contributed by atoms with Gasteiger partial charge in [-0.3, -0.25) is 4.98 Å². The van der Waals surface area contributed by atoms with E-state index in [0.717, 1.165) is 44.1 Å². The highest BCUT2D eigenvalue weighted by Gasteiger charge is 2.20. The fraction of sp³-hybridized carbons (Fsp3) is 0.0909. The first-order chi connectivity index (χ1) is 12.2. The molecule has 0 bridgehead atoms. The zero-order valence-corrected chi connectivity index (χ0v) is 14.2. The Labute approximate surface area is 145 Å². The van der Waals surface area contributed by atoms with E-state index in [2.05, 4.69) is 60.1 Å². The molecule has 3 nitrogen and oxygen atoms in total. The summed E-state index contributed by atoms with van der Waals surface area (Å²) in [4.78, 5) is 4.61. The van der Waals surface area contributed by atoms with Crippen LogP contribution < -0.4 is 4.57 Å². The van der Waals surface area contributed by atoms with Crippen LogP contribution in [0.5, 0.6) is 0 Å². The highest BCUT2D eigenvalue weighted by atomic mass is 16.3. The largest absolute Gasteiger partial charge is 0.454 e. The van der Waals surface area contributed by atoms with Crippen LogP contribution in [0.25, 0.3) is 44.1 Å². The molecule has 3 heterocycles. The van der Waals surface area contributed by atoms with E-state index in [0.29, 0.717) is 0 Å². The average molecular weight is 325 g/mol. The first-order valence-corrected chi connectivity index (χ1v) is 8.38. The fourth-order valence-corrected chi connectivity index (χ4v) is 3.62. The fourth-order valence-electron chi connectivity index (χ4n) is 3.62. The number of pyridine rings is 2.